The quantitative estimate of drug-likeness (QED) is 0.274. The van der Waals surface area contributed by atoms with Crippen LogP contribution < -0.4 is 9.62 Å². The van der Waals surface area contributed by atoms with Crippen LogP contribution in [-0.2, 0) is 19.5 Å². The maximum absolute atomic E-state index is 13.4. The largest absolute Gasteiger partial charge is 0.443 e. The van der Waals surface area contributed by atoms with Crippen LogP contribution in [0.3, 0.4) is 0 Å². The summed E-state index contributed by atoms with van der Waals surface area (Å²) in [5.41, 5.74) is 0.428. The van der Waals surface area contributed by atoms with Crippen LogP contribution in [0.5, 0.6) is 0 Å². The number of hydrogen-bond acceptors (Lipinski definition) is 10. The first-order valence-electron chi connectivity index (χ1n) is 12.7. The number of nitrogens with one attached hydrogen (secondary N) is 1. The predicted molar refractivity (Wildman–Crippen MR) is 158 cm³/mol. The lowest BCUT2D eigenvalue weighted by molar-refractivity contribution is 0.0521. The zero-order valence-electron chi connectivity index (χ0n) is 23.8. The second kappa shape index (κ2) is 11.1. The number of carbonyl (C=O) groups excluding carboxylic acids is 2. The van der Waals surface area contributed by atoms with Crippen LogP contribution in [0.15, 0.2) is 48.7 Å². The highest BCUT2D eigenvalue weighted by atomic mass is 32.2. The SMILES string of the molecule is CCS(=O)(=O)Nc1cccc(-c2nnc(N(C(=O)OC(C)(C)C)c3ccc4c(cnn4C(=O)OC(C)(C)C)c3)s2)c1. The molecule has 0 spiro atoms. The van der Waals surface area contributed by atoms with Crippen molar-refractivity contribution in [1.29, 1.82) is 0 Å². The standard InChI is InChI=1S/C27H32N6O6S2/c1-8-41(36,37)31-19-11-9-10-17(14-19)22-29-30-23(40-22)32(24(34)38-26(2,3)4)20-12-13-21-18(15-20)16-28-33(21)25(35)39-27(5,6)7/h9-16,31H,8H2,1-7H3. The Morgan fingerprint density at radius 3 is 2.37 bits per heavy atom. The number of anilines is 3. The van der Waals surface area contributed by atoms with Gasteiger partial charge >= 0.3 is 12.2 Å². The van der Waals surface area contributed by atoms with Gasteiger partial charge in [-0.1, -0.05) is 23.5 Å². The van der Waals surface area contributed by atoms with Crippen molar-refractivity contribution in [3.8, 4) is 10.6 Å². The first-order chi connectivity index (χ1) is 19.0. The summed E-state index contributed by atoms with van der Waals surface area (Å²) in [6.45, 7) is 12.1. The van der Waals surface area contributed by atoms with Gasteiger partial charge < -0.3 is 9.47 Å². The Morgan fingerprint density at radius 2 is 1.71 bits per heavy atom. The molecule has 0 fully saturated rings. The van der Waals surface area contributed by atoms with Gasteiger partial charge in [-0.15, -0.1) is 10.2 Å². The summed E-state index contributed by atoms with van der Waals surface area (Å²) in [5.74, 6) is -0.0634. The molecule has 2 aromatic heterocycles. The van der Waals surface area contributed by atoms with Crippen molar-refractivity contribution in [2.24, 2.45) is 0 Å². The second-order valence-corrected chi connectivity index (χ2v) is 14.0. The highest BCUT2D eigenvalue weighted by Gasteiger charge is 2.29. The van der Waals surface area contributed by atoms with Crippen molar-refractivity contribution < 1.29 is 27.5 Å². The van der Waals surface area contributed by atoms with Crippen molar-refractivity contribution in [2.75, 3.05) is 15.4 Å². The van der Waals surface area contributed by atoms with Crippen molar-refractivity contribution in [3.63, 3.8) is 0 Å². The van der Waals surface area contributed by atoms with Gasteiger partial charge in [-0.05, 0) is 78.8 Å². The first kappa shape index (κ1) is 29.9. The topological polar surface area (TPSA) is 146 Å². The molecule has 0 aliphatic heterocycles. The predicted octanol–water partition coefficient (Wildman–Crippen LogP) is 6.17. The Kier molecular flexibility index (Phi) is 8.09. The molecule has 0 radical (unpaired) electrons. The Morgan fingerprint density at radius 1 is 1.00 bits per heavy atom. The van der Waals surface area contributed by atoms with Gasteiger partial charge in [-0.2, -0.15) is 9.78 Å². The van der Waals surface area contributed by atoms with Crippen LogP contribution in [0.1, 0.15) is 48.5 Å². The highest BCUT2D eigenvalue weighted by Crippen LogP contribution is 2.36. The fourth-order valence-corrected chi connectivity index (χ4v) is 5.08. The molecule has 14 heteroatoms. The minimum Gasteiger partial charge on any atom is -0.443 e. The maximum atomic E-state index is 13.4. The highest BCUT2D eigenvalue weighted by molar-refractivity contribution is 7.92. The van der Waals surface area contributed by atoms with Crippen LogP contribution in [0.2, 0.25) is 0 Å². The van der Waals surface area contributed by atoms with E-state index in [1.165, 1.54) is 11.1 Å². The van der Waals surface area contributed by atoms with Crippen molar-refractivity contribution in [3.05, 3.63) is 48.7 Å². The molecule has 218 valence electrons. The first-order valence-corrected chi connectivity index (χ1v) is 15.2. The normalized spacial score (nSPS) is 12.3. The van der Waals surface area contributed by atoms with Crippen LogP contribution in [-0.4, -0.2) is 57.5 Å². The van der Waals surface area contributed by atoms with Gasteiger partial charge in [0.15, 0.2) is 0 Å². The number of sulfonamides is 1. The molecule has 1 N–H and O–H groups in total. The van der Waals surface area contributed by atoms with Crippen LogP contribution in [0.25, 0.3) is 21.5 Å². The van der Waals surface area contributed by atoms with Gasteiger partial charge in [0.2, 0.25) is 15.2 Å². The van der Waals surface area contributed by atoms with Gasteiger partial charge in [-0.3, -0.25) is 4.72 Å². The monoisotopic (exact) mass is 600 g/mol. The smallest absolute Gasteiger partial charge is 0.435 e. The number of nitrogens with zero attached hydrogens (tertiary/aromatic N) is 5. The fraction of sp³-hybridized carbons (Fsp3) is 0.370. The lowest BCUT2D eigenvalue weighted by Crippen LogP contribution is -2.33. The summed E-state index contributed by atoms with van der Waals surface area (Å²) < 4.78 is 38.8. The second-order valence-electron chi connectivity index (χ2n) is 11.1. The molecule has 0 bridgehead atoms. The molecule has 12 nitrogen and oxygen atoms in total. The van der Waals surface area contributed by atoms with Gasteiger partial charge in [0.1, 0.15) is 16.2 Å². The van der Waals surface area contributed by atoms with Gasteiger partial charge in [0.05, 0.1) is 23.2 Å². The van der Waals surface area contributed by atoms with E-state index in [1.807, 2.05) is 0 Å². The Labute approximate surface area is 242 Å². The molecule has 0 saturated carbocycles. The minimum atomic E-state index is -3.46. The third kappa shape index (κ3) is 7.38. The summed E-state index contributed by atoms with van der Waals surface area (Å²) >= 11 is 1.13. The average Bonchev–Trinajstić information content (AvgIpc) is 3.49. The van der Waals surface area contributed by atoms with E-state index < -0.39 is 33.4 Å². The number of amides is 1. The fourth-order valence-electron chi connectivity index (χ4n) is 3.60. The van der Waals surface area contributed by atoms with E-state index >= 15 is 0 Å². The van der Waals surface area contributed by atoms with E-state index in [4.69, 9.17) is 9.47 Å². The van der Waals surface area contributed by atoms with E-state index in [0.29, 0.717) is 32.8 Å². The lowest BCUT2D eigenvalue weighted by Gasteiger charge is -2.25. The summed E-state index contributed by atoms with van der Waals surface area (Å²) in [7, 11) is -3.46. The summed E-state index contributed by atoms with van der Waals surface area (Å²) in [5, 5.41) is 14.0. The number of aromatic nitrogens is 4. The van der Waals surface area contributed by atoms with Crippen LogP contribution >= 0.6 is 11.3 Å². The molecule has 1 amide bonds. The number of fused-ring (bicyclic) bond motifs is 1. The Balaban J connectivity index is 1.72. The molecular weight excluding hydrogens is 568 g/mol. The van der Waals surface area contributed by atoms with Crippen molar-refractivity contribution in [1.82, 2.24) is 20.0 Å². The Hall–Kier alpha value is -4.04. The summed E-state index contributed by atoms with van der Waals surface area (Å²) in [6.07, 6.45) is 0.203. The van der Waals surface area contributed by atoms with E-state index in [1.54, 1.807) is 90.9 Å². The average molecular weight is 601 g/mol. The van der Waals surface area contributed by atoms with E-state index in [-0.39, 0.29) is 10.9 Å². The van der Waals surface area contributed by atoms with Gasteiger partial charge in [0, 0.05) is 16.6 Å². The third-order valence-corrected chi connectivity index (χ3v) is 7.59. The van der Waals surface area contributed by atoms with Crippen LogP contribution in [0, 0.1) is 0 Å². The van der Waals surface area contributed by atoms with Crippen molar-refractivity contribution >= 4 is 61.0 Å². The van der Waals surface area contributed by atoms with Crippen LogP contribution in [0.4, 0.5) is 26.1 Å². The van der Waals surface area contributed by atoms with Gasteiger partial charge in [0.25, 0.3) is 0 Å². The minimum absolute atomic E-state index is 0.0634. The molecule has 0 atom stereocenters. The number of ether oxygens (including phenoxy) is 2. The maximum Gasteiger partial charge on any atom is 0.435 e. The molecule has 41 heavy (non-hydrogen) atoms. The molecule has 0 aliphatic carbocycles. The van der Waals surface area contributed by atoms with E-state index in [9.17, 15) is 18.0 Å². The molecule has 2 heterocycles. The zero-order valence-corrected chi connectivity index (χ0v) is 25.5. The lowest BCUT2D eigenvalue weighted by atomic mass is 10.2. The van der Waals surface area contributed by atoms with E-state index in [2.05, 4.69) is 20.0 Å². The number of carbonyl (C=O) groups is 2. The third-order valence-electron chi connectivity index (χ3n) is 5.32. The number of benzene rings is 2. The summed E-state index contributed by atoms with van der Waals surface area (Å²) in [4.78, 5) is 27.4. The molecule has 2 aromatic carbocycles. The number of rotatable bonds is 6. The summed E-state index contributed by atoms with van der Waals surface area (Å²) in [6, 6.07) is 11.7. The van der Waals surface area contributed by atoms with Crippen molar-refractivity contribution in [2.45, 2.75) is 59.7 Å². The molecule has 0 aliphatic rings. The molecular formula is C27H32N6O6S2. The zero-order chi connectivity index (χ0) is 30.2. The molecule has 4 rings (SSSR count). The molecule has 0 unspecified atom stereocenters. The molecule has 0 saturated heterocycles. The van der Waals surface area contributed by atoms with E-state index in [0.717, 1.165) is 16.0 Å². The molecule has 4 aromatic rings. The number of hydrogen-bond donors (Lipinski definition) is 1. The van der Waals surface area contributed by atoms with Gasteiger partial charge in [-0.25, -0.2) is 22.9 Å². The Bertz CT molecular complexity index is 1700.